The molecule has 0 saturated heterocycles. The third kappa shape index (κ3) is 59.7. The Hall–Kier alpha value is -3.59. The molecule has 0 aliphatic rings. The summed E-state index contributed by atoms with van der Waals surface area (Å²) in [4.78, 5) is 37.8. The maximum Gasteiger partial charge on any atom is 0.306 e. The highest BCUT2D eigenvalue weighted by molar-refractivity contribution is 7.45. The number of hydrogen-bond acceptors (Lipinski definition) is 8. The number of ether oxygens (including phenoxy) is 2. The lowest BCUT2D eigenvalue weighted by atomic mass is 10.0. The SMILES string of the molecule is CC/C=C\C/C=C\C/C=C\C/C=C\C/C=C\C/C=C\CCC(=O)OC(COC(=O)CCCCCCCCCCCCCCCCCCCCCC/C=C\C/C=C\C/C=C\C/C=C\CC)COP(=O)([O-])OCC[N+](C)(C)C. The monoisotopic (exact) mass is 1080 g/mol. The molecule has 0 fully saturated rings. The fraction of sp³-hybridized carbons (Fsp3) is 0.667. The number of carbonyl (C=O) groups excluding carboxylic acids is 2. The number of quaternary nitrogens is 1. The highest BCUT2D eigenvalue weighted by Crippen LogP contribution is 2.38. The Labute approximate surface area is 467 Å². The Morgan fingerprint density at radius 3 is 1.11 bits per heavy atom. The zero-order valence-electron chi connectivity index (χ0n) is 49.2. The lowest BCUT2D eigenvalue weighted by Crippen LogP contribution is -2.37. The Bertz CT molecular complexity index is 1700. The summed E-state index contributed by atoms with van der Waals surface area (Å²) >= 11 is 0. The van der Waals surface area contributed by atoms with Gasteiger partial charge in [0.25, 0.3) is 7.82 Å². The second-order valence-electron chi connectivity index (χ2n) is 20.9. The van der Waals surface area contributed by atoms with Crippen LogP contribution in [0.25, 0.3) is 0 Å². The maximum absolute atomic E-state index is 12.7. The normalized spacial score (nSPS) is 14.1. The maximum atomic E-state index is 12.7. The average molecular weight is 1080 g/mol. The molecule has 434 valence electrons. The highest BCUT2D eigenvalue weighted by atomic mass is 31.2. The summed E-state index contributed by atoms with van der Waals surface area (Å²) in [5.74, 6) is -0.933. The van der Waals surface area contributed by atoms with Crippen LogP contribution in [0, 0.1) is 0 Å². The summed E-state index contributed by atoms with van der Waals surface area (Å²) in [5.41, 5.74) is 0. The van der Waals surface area contributed by atoms with Crippen molar-refractivity contribution in [2.45, 2.75) is 238 Å². The van der Waals surface area contributed by atoms with Gasteiger partial charge in [0.05, 0.1) is 27.7 Å². The molecule has 76 heavy (non-hydrogen) atoms. The highest BCUT2D eigenvalue weighted by Gasteiger charge is 2.21. The molecule has 0 bridgehead atoms. The second kappa shape index (κ2) is 56.1. The molecule has 0 saturated carbocycles. The zero-order valence-corrected chi connectivity index (χ0v) is 50.0. The molecule has 0 radical (unpaired) electrons. The molecule has 0 amide bonds. The fourth-order valence-corrected chi connectivity index (χ4v) is 8.64. The summed E-state index contributed by atoms with van der Waals surface area (Å²) < 4.78 is 34.0. The van der Waals surface area contributed by atoms with E-state index >= 15 is 0 Å². The van der Waals surface area contributed by atoms with Crippen molar-refractivity contribution in [3.05, 3.63) is 122 Å². The van der Waals surface area contributed by atoms with Gasteiger partial charge in [0.15, 0.2) is 6.10 Å². The van der Waals surface area contributed by atoms with Crippen molar-refractivity contribution in [1.29, 1.82) is 0 Å². The minimum Gasteiger partial charge on any atom is -0.756 e. The van der Waals surface area contributed by atoms with E-state index in [0.29, 0.717) is 17.4 Å². The van der Waals surface area contributed by atoms with E-state index in [1.165, 1.54) is 116 Å². The van der Waals surface area contributed by atoms with E-state index in [2.05, 4.69) is 123 Å². The lowest BCUT2D eigenvalue weighted by Gasteiger charge is -2.28. The van der Waals surface area contributed by atoms with Crippen LogP contribution in [-0.4, -0.2) is 70.0 Å². The molecule has 0 aromatic rings. The molecule has 0 heterocycles. The summed E-state index contributed by atoms with van der Waals surface area (Å²) in [5, 5.41) is 0. The van der Waals surface area contributed by atoms with Crippen LogP contribution in [0.1, 0.15) is 232 Å². The number of hydrogen-bond donors (Lipinski definition) is 0. The number of likely N-dealkylation sites (N-methyl/N-ethyl adjacent to an activating group) is 1. The van der Waals surface area contributed by atoms with Gasteiger partial charge < -0.3 is 27.9 Å². The number of esters is 2. The van der Waals surface area contributed by atoms with E-state index in [4.69, 9.17) is 18.5 Å². The van der Waals surface area contributed by atoms with Gasteiger partial charge in [-0.3, -0.25) is 14.2 Å². The topological polar surface area (TPSA) is 111 Å². The molecule has 9 nitrogen and oxygen atoms in total. The largest absolute Gasteiger partial charge is 0.756 e. The van der Waals surface area contributed by atoms with Crippen LogP contribution in [0.4, 0.5) is 0 Å². The standard InChI is InChI=1S/C66H112NO8P/c1-6-8-10-12-14-16-18-20-22-24-26-27-28-29-30-31-32-33-34-35-36-37-38-39-41-42-44-46-48-50-52-54-56-58-65(68)72-62-64(63-74-76(70,71)73-61-60-67(3,4)5)75-66(69)59-57-55-53-51-49-47-45-43-40-25-23-21-19-17-15-13-11-9-7-2/h8-11,14-17,20-23,26-27,40,43,47,49,53,55,64H,6-7,12-13,18-19,24-25,28-39,41-42,44-46,48,50-52,54,56-63H2,1-5H3/b10-8-,11-9-,16-14-,17-15-,22-20-,23-21-,27-26-,43-40-,49-47-,55-53-. The van der Waals surface area contributed by atoms with Crippen molar-refractivity contribution in [3.63, 3.8) is 0 Å². The predicted molar refractivity (Wildman–Crippen MR) is 323 cm³/mol. The third-order valence-electron chi connectivity index (χ3n) is 12.5. The molecule has 0 aliphatic heterocycles. The van der Waals surface area contributed by atoms with Crippen LogP contribution in [0.15, 0.2) is 122 Å². The van der Waals surface area contributed by atoms with Gasteiger partial charge in [0, 0.05) is 12.8 Å². The number of carbonyl (C=O) groups is 2. The Morgan fingerprint density at radius 1 is 0.408 bits per heavy atom. The molecule has 0 N–H and O–H groups in total. The van der Waals surface area contributed by atoms with Crippen molar-refractivity contribution >= 4 is 19.8 Å². The van der Waals surface area contributed by atoms with Crippen molar-refractivity contribution in [2.24, 2.45) is 0 Å². The molecule has 0 spiro atoms. The summed E-state index contributed by atoms with van der Waals surface area (Å²) in [6.45, 7) is 3.92. The molecule has 10 heteroatoms. The molecule has 2 unspecified atom stereocenters. The Balaban J connectivity index is 4.12. The molecule has 0 rings (SSSR count). The molecule has 0 aromatic heterocycles. The molecular formula is C66H112NO8P. The number of allylic oxidation sites excluding steroid dienone is 20. The van der Waals surface area contributed by atoms with E-state index in [1.807, 2.05) is 33.3 Å². The molecule has 0 aliphatic carbocycles. The van der Waals surface area contributed by atoms with Crippen LogP contribution in [0.3, 0.4) is 0 Å². The van der Waals surface area contributed by atoms with Gasteiger partial charge in [-0.1, -0.05) is 251 Å². The van der Waals surface area contributed by atoms with Gasteiger partial charge >= 0.3 is 11.9 Å². The van der Waals surface area contributed by atoms with E-state index in [9.17, 15) is 19.0 Å². The van der Waals surface area contributed by atoms with Crippen molar-refractivity contribution in [1.82, 2.24) is 0 Å². The summed E-state index contributed by atoms with van der Waals surface area (Å²) in [6.07, 6.45) is 80.0. The lowest BCUT2D eigenvalue weighted by molar-refractivity contribution is -0.870. The van der Waals surface area contributed by atoms with Crippen molar-refractivity contribution in [2.75, 3.05) is 47.5 Å². The van der Waals surface area contributed by atoms with E-state index in [-0.39, 0.29) is 26.1 Å². The van der Waals surface area contributed by atoms with E-state index in [1.54, 1.807) is 0 Å². The number of phosphoric ester groups is 1. The number of phosphoric acid groups is 1. The van der Waals surface area contributed by atoms with Gasteiger partial charge in [-0.15, -0.1) is 0 Å². The molecule has 0 aromatic carbocycles. The Kier molecular flexibility index (Phi) is 53.5. The minimum absolute atomic E-state index is 0.0492. The molecule has 2 atom stereocenters. The van der Waals surface area contributed by atoms with Crippen LogP contribution in [0.2, 0.25) is 0 Å². The van der Waals surface area contributed by atoms with Crippen LogP contribution in [0.5, 0.6) is 0 Å². The first kappa shape index (κ1) is 72.4. The first-order valence-electron chi connectivity index (χ1n) is 30.2. The Morgan fingerprint density at radius 2 is 0.737 bits per heavy atom. The van der Waals surface area contributed by atoms with E-state index in [0.717, 1.165) is 83.5 Å². The number of rotatable bonds is 54. The quantitative estimate of drug-likeness (QED) is 0.0195. The van der Waals surface area contributed by atoms with E-state index < -0.39 is 32.5 Å². The van der Waals surface area contributed by atoms with Crippen molar-refractivity contribution < 1.29 is 42.1 Å². The van der Waals surface area contributed by atoms with Crippen LogP contribution in [-0.2, 0) is 32.7 Å². The first-order valence-corrected chi connectivity index (χ1v) is 31.7. The number of unbranched alkanes of at least 4 members (excludes halogenated alkanes) is 20. The summed E-state index contributed by atoms with van der Waals surface area (Å²) in [7, 11) is 1.11. The van der Waals surface area contributed by atoms with Crippen LogP contribution < -0.4 is 4.89 Å². The van der Waals surface area contributed by atoms with Crippen molar-refractivity contribution in [3.8, 4) is 0 Å². The van der Waals surface area contributed by atoms with Gasteiger partial charge in [-0.05, 0) is 89.9 Å². The fourth-order valence-electron chi connectivity index (χ4n) is 7.91. The zero-order chi connectivity index (χ0) is 55.6. The second-order valence-corrected chi connectivity index (χ2v) is 22.4. The van der Waals surface area contributed by atoms with Gasteiger partial charge in [-0.25, -0.2) is 0 Å². The predicted octanol–water partition coefficient (Wildman–Crippen LogP) is 18.5. The van der Waals surface area contributed by atoms with Gasteiger partial charge in [0.1, 0.15) is 19.8 Å². The van der Waals surface area contributed by atoms with Gasteiger partial charge in [-0.2, -0.15) is 0 Å². The van der Waals surface area contributed by atoms with Gasteiger partial charge in [0.2, 0.25) is 0 Å². The number of nitrogens with zero attached hydrogens (tertiary/aromatic N) is 1. The third-order valence-corrected chi connectivity index (χ3v) is 13.5. The average Bonchev–Trinajstić information content (AvgIpc) is 3.38. The molecular weight excluding hydrogens is 966 g/mol. The summed E-state index contributed by atoms with van der Waals surface area (Å²) in [6, 6.07) is 0. The first-order chi connectivity index (χ1) is 37.0. The van der Waals surface area contributed by atoms with Crippen LogP contribution >= 0.6 is 7.82 Å². The minimum atomic E-state index is -4.66. The smallest absolute Gasteiger partial charge is 0.306 e.